The number of rotatable bonds is 6. The van der Waals surface area contributed by atoms with Crippen molar-refractivity contribution in [1.82, 2.24) is 0 Å². The van der Waals surface area contributed by atoms with E-state index in [9.17, 15) is 9.59 Å². The van der Waals surface area contributed by atoms with Crippen LogP contribution < -0.4 is 14.4 Å². The predicted octanol–water partition coefficient (Wildman–Crippen LogP) is 6.79. The topological polar surface area (TPSA) is 55.8 Å². The smallest absolute Gasteiger partial charge is 0.298 e. The average Bonchev–Trinajstić information content (AvgIpc) is 3.08. The second kappa shape index (κ2) is 9.73. The van der Waals surface area contributed by atoms with Crippen LogP contribution >= 0.6 is 23.4 Å². The Hall–Kier alpha value is -3.22. The van der Waals surface area contributed by atoms with Crippen LogP contribution in [-0.2, 0) is 11.4 Å². The van der Waals surface area contributed by atoms with Gasteiger partial charge in [0.15, 0.2) is 11.5 Å². The van der Waals surface area contributed by atoms with Gasteiger partial charge in [-0.2, -0.15) is 0 Å². The molecule has 0 N–H and O–H groups in total. The van der Waals surface area contributed by atoms with Crippen LogP contribution in [-0.4, -0.2) is 18.3 Å². The molecule has 1 aliphatic heterocycles. The molecular weight excluding hydrogens is 458 g/mol. The van der Waals surface area contributed by atoms with Crippen molar-refractivity contribution in [2.24, 2.45) is 0 Å². The fourth-order valence-electron chi connectivity index (χ4n) is 3.42. The van der Waals surface area contributed by atoms with Crippen LogP contribution in [0.15, 0.2) is 65.6 Å². The van der Waals surface area contributed by atoms with Crippen molar-refractivity contribution in [3.8, 4) is 11.5 Å². The van der Waals surface area contributed by atoms with E-state index in [1.54, 1.807) is 25.3 Å². The Balaban J connectivity index is 1.55. The maximum Gasteiger partial charge on any atom is 0.298 e. The summed E-state index contributed by atoms with van der Waals surface area (Å²) in [6.07, 6.45) is 1.70. The summed E-state index contributed by atoms with van der Waals surface area (Å²) in [6.45, 7) is 4.18. The number of nitrogens with zero attached hydrogens (tertiary/aromatic N) is 1. The van der Waals surface area contributed by atoms with E-state index in [1.807, 2.05) is 62.4 Å². The molecule has 1 fully saturated rings. The minimum Gasteiger partial charge on any atom is -0.493 e. The number of halogens is 1. The molecule has 1 heterocycles. The van der Waals surface area contributed by atoms with E-state index >= 15 is 0 Å². The molecule has 3 aromatic carbocycles. The SMILES string of the molecule is COc1cc(/C=C2\SC(=O)N(c3cc(C)ccc3C)C2=O)ccc1OCc1ccc(Cl)cc1. The van der Waals surface area contributed by atoms with Crippen LogP contribution in [0, 0.1) is 13.8 Å². The predicted molar refractivity (Wildman–Crippen MR) is 133 cm³/mol. The van der Waals surface area contributed by atoms with E-state index in [-0.39, 0.29) is 11.1 Å². The standard InChI is InChI=1S/C26H22ClNO4S/c1-16-4-5-17(2)21(12-16)28-25(29)24(33-26(28)30)14-19-8-11-22(23(13-19)31-3)32-15-18-6-9-20(27)10-7-18/h4-14H,15H2,1-3H3/b24-14-. The molecule has 0 atom stereocenters. The van der Waals surface area contributed by atoms with E-state index in [0.717, 1.165) is 34.0 Å². The van der Waals surface area contributed by atoms with Crippen molar-refractivity contribution in [2.45, 2.75) is 20.5 Å². The highest BCUT2D eigenvalue weighted by atomic mass is 35.5. The maximum atomic E-state index is 13.0. The molecule has 1 aliphatic rings. The van der Waals surface area contributed by atoms with Gasteiger partial charge in [0, 0.05) is 5.02 Å². The lowest BCUT2D eigenvalue weighted by Crippen LogP contribution is -2.28. The van der Waals surface area contributed by atoms with Crippen LogP contribution in [0.3, 0.4) is 0 Å². The van der Waals surface area contributed by atoms with Crippen molar-refractivity contribution in [2.75, 3.05) is 12.0 Å². The van der Waals surface area contributed by atoms with Crippen molar-refractivity contribution in [3.05, 3.63) is 92.8 Å². The van der Waals surface area contributed by atoms with Gasteiger partial charge < -0.3 is 9.47 Å². The van der Waals surface area contributed by atoms with Crippen LogP contribution in [0.25, 0.3) is 6.08 Å². The van der Waals surface area contributed by atoms with Crippen molar-refractivity contribution in [1.29, 1.82) is 0 Å². The molecule has 2 amide bonds. The number of benzene rings is 3. The number of ether oxygens (including phenoxy) is 2. The lowest BCUT2D eigenvalue weighted by molar-refractivity contribution is -0.113. The molecule has 168 valence electrons. The number of hydrogen-bond acceptors (Lipinski definition) is 5. The minimum atomic E-state index is -0.333. The molecule has 1 saturated heterocycles. The summed E-state index contributed by atoms with van der Waals surface area (Å²) in [7, 11) is 1.56. The number of thioether (sulfide) groups is 1. The van der Waals surface area contributed by atoms with E-state index < -0.39 is 0 Å². The minimum absolute atomic E-state index is 0.310. The molecule has 33 heavy (non-hydrogen) atoms. The summed E-state index contributed by atoms with van der Waals surface area (Å²) < 4.78 is 11.4. The molecule has 0 radical (unpaired) electrons. The number of carbonyl (C=O) groups is 2. The van der Waals surface area contributed by atoms with Gasteiger partial charge in [0.1, 0.15) is 6.61 Å². The zero-order valence-electron chi connectivity index (χ0n) is 18.4. The van der Waals surface area contributed by atoms with Crippen molar-refractivity contribution >= 4 is 46.3 Å². The van der Waals surface area contributed by atoms with Crippen molar-refractivity contribution < 1.29 is 19.1 Å². The van der Waals surface area contributed by atoms with Gasteiger partial charge in [0.2, 0.25) is 0 Å². The second-order valence-electron chi connectivity index (χ2n) is 7.63. The summed E-state index contributed by atoms with van der Waals surface area (Å²) in [5, 5.41) is 0.359. The molecular formula is C26H22ClNO4S. The highest BCUT2D eigenvalue weighted by molar-refractivity contribution is 8.19. The van der Waals surface area contributed by atoms with Gasteiger partial charge >= 0.3 is 0 Å². The number of carbonyl (C=O) groups excluding carboxylic acids is 2. The number of methoxy groups -OCH3 is 1. The lowest BCUT2D eigenvalue weighted by atomic mass is 10.1. The summed E-state index contributed by atoms with van der Waals surface area (Å²) in [5.41, 5.74) is 4.18. The van der Waals surface area contributed by atoms with Crippen LogP contribution in [0.1, 0.15) is 22.3 Å². The first-order valence-corrected chi connectivity index (χ1v) is 11.5. The van der Waals surface area contributed by atoms with Gasteiger partial charge in [-0.25, -0.2) is 4.90 Å². The van der Waals surface area contributed by atoms with Crippen molar-refractivity contribution in [3.63, 3.8) is 0 Å². The molecule has 7 heteroatoms. The molecule has 4 rings (SSSR count). The fraction of sp³-hybridized carbons (Fsp3) is 0.154. The van der Waals surface area contributed by atoms with Crippen LogP contribution in [0.5, 0.6) is 11.5 Å². The normalized spacial score (nSPS) is 14.8. The summed E-state index contributed by atoms with van der Waals surface area (Å²) >= 11 is 6.85. The van der Waals surface area contributed by atoms with Gasteiger partial charge in [-0.3, -0.25) is 9.59 Å². The molecule has 0 saturated carbocycles. The molecule has 3 aromatic rings. The number of imide groups is 1. The highest BCUT2D eigenvalue weighted by Gasteiger charge is 2.37. The van der Waals surface area contributed by atoms with E-state index in [0.29, 0.717) is 33.7 Å². The van der Waals surface area contributed by atoms with Gasteiger partial charge in [0.05, 0.1) is 17.7 Å². The third-order valence-corrected chi connectivity index (χ3v) is 6.31. The Labute approximate surface area is 202 Å². The monoisotopic (exact) mass is 479 g/mol. The first-order chi connectivity index (χ1) is 15.9. The third kappa shape index (κ3) is 5.07. The first kappa shape index (κ1) is 23.0. The second-order valence-corrected chi connectivity index (χ2v) is 9.06. The first-order valence-electron chi connectivity index (χ1n) is 10.3. The highest BCUT2D eigenvalue weighted by Crippen LogP contribution is 2.38. The Morgan fingerprint density at radius 3 is 2.45 bits per heavy atom. The quantitative estimate of drug-likeness (QED) is 0.364. The summed E-state index contributed by atoms with van der Waals surface area (Å²) in [5.74, 6) is 0.778. The zero-order valence-corrected chi connectivity index (χ0v) is 20.0. The number of anilines is 1. The summed E-state index contributed by atoms with van der Waals surface area (Å²) in [6, 6.07) is 18.5. The maximum absolute atomic E-state index is 13.0. The Bertz CT molecular complexity index is 1250. The van der Waals surface area contributed by atoms with Gasteiger partial charge in [-0.15, -0.1) is 0 Å². The third-order valence-electron chi connectivity index (χ3n) is 5.19. The fourth-order valence-corrected chi connectivity index (χ4v) is 4.38. The molecule has 0 aromatic heterocycles. The van der Waals surface area contributed by atoms with Crippen LogP contribution in [0.4, 0.5) is 10.5 Å². The van der Waals surface area contributed by atoms with E-state index in [1.165, 1.54) is 4.90 Å². The molecule has 0 unspecified atom stereocenters. The lowest BCUT2D eigenvalue weighted by Gasteiger charge is -2.16. The van der Waals surface area contributed by atoms with E-state index in [2.05, 4.69) is 0 Å². The van der Waals surface area contributed by atoms with Gasteiger partial charge in [-0.05, 0) is 84.3 Å². The zero-order chi connectivity index (χ0) is 23.5. The van der Waals surface area contributed by atoms with E-state index in [4.69, 9.17) is 21.1 Å². The summed E-state index contributed by atoms with van der Waals surface area (Å²) in [4.78, 5) is 27.3. The van der Waals surface area contributed by atoms with Crippen LogP contribution in [0.2, 0.25) is 5.02 Å². The average molecular weight is 480 g/mol. The van der Waals surface area contributed by atoms with Gasteiger partial charge in [0.25, 0.3) is 11.1 Å². The molecule has 5 nitrogen and oxygen atoms in total. The Kier molecular flexibility index (Phi) is 6.77. The Morgan fingerprint density at radius 2 is 1.73 bits per heavy atom. The number of aryl methyl sites for hydroxylation is 2. The molecule has 0 spiro atoms. The Morgan fingerprint density at radius 1 is 0.970 bits per heavy atom. The number of hydrogen-bond donors (Lipinski definition) is 0. The number of amides is 2. The molecule has 0 aliphatic carbocycles. The molecule has 0 bridgehead atoms. The van der Waals surface area contributed by atoms with Gasteiger partial charge in [-0.1, -0.05) is 41.9 Å². The largest absolute Gasteiger partial charge is 0.493 e.